The molecule has 0 unspecified atom stereocenters. The van der Waals surface area contributed by atoms with E-state index in [0.29, 0.717) is 11.3 Å². The minimum atomic E-state index is -0.0585. The fraction of sp³-hybridized carbons (Fsp3) is 0.100. The lowest BCUT2D eigenvalue weighted by Crippen LogP contribution is -2.04. The van der Waals surface area contributed by atoms with Gasteiger partial charge in [0.2, 0.25) is 5.78 Å². The number of ketones is 1. The summed E-state index contributed by atoms with van der Waals surface area (Å²) in [6, 6.07) is 1.82. The summed E-state index contributed by atoms with van der Waals surface area (Å²) in [4.78, 5) is 19.7. The topological polar surface area (TPSA) is 42.9 Å². The Hall–Kier alpha value is -1.55. The SMILES string of the molecule is Cc1ccncc1C(=O)c1cscn1. The number of rotatable bonds is 2. The first-order chi connectivity index (χ1) is 6.79. The van der Waals surface area contributed by atoms with Gasteiger partial charge in [-0.3, -0.25) is 9.78 Å². The first kappa shape index (κ1) is 9.02. The van der Waals surface area contributed by atoms with Crippen LogP contribution in [0.15, 0.2) is 29.4 Å². The van der Waals surface area contributed by atoms with E-state index in [1.807, 2.05) is 13.0 Å². The van der Waals surface area contributed by atoms with E-state index in [1.165, 1.54) is 11.3 Å². The molecule has 2 aromatic rings. The van der Waals surface area contributed by atoms with Gasteiger partial charge < -0.3 is 0 Å². The minimum Gasteiger partial charge on any atom is -0.287 e. The summed E-state index contributed by atoms with van der Waals surface area (Å²) in [5.41, 5.74) is 3.70. The second-order valence-electron chi connectivity index (χ2n) is 2.89. The van der Waals surface area contributed by atoms with Crippen LogP contribution in [0.1, 0.15) is 21.6 Å². The number of carbonyl (C=O) groups excluding carboxylic acids is 1. The molecule has 0 N–H and O–H groups in total. The van der Waals surface area contributed by atoms with Gasteiger partial charge in [0.05, 0.1) is 5.51 Å². The van der Waals surface area contributed by atoms with Crippen LogP contribution >= 0.6 is 11.3 Å². The third kappa shape index (κ3) is 1.56. The van der Waals surface area contributed by atoms with Gasteiger partial charge in [0, 0.05) is 23.3 Å². The number of aromatic nitrogens is 2. The largest absolute Gasteiger partial charge is 0.287 e. The highest BCUT2D eigenvalue weighted by Gasteiger charge is 2.12. The van der Waals surface area contributed by atoms with E-state index in [-0.39, 0.29) is 5.78 Å². The highest BCUT2D eigenvalue weighted by molar-refractivity contribution is 7.07. The first-order valence-corrected chi connectivity index (χ1v) is 5.07. The van der Waals surface area contributed by atoms with Crippen LogP contribution in [0.25, 0.3) is 0 Å². The Morgan fingerprint density at radius 2 is 2.36 bits per heavy atom. The standard InChI is InChI=1S/C10H8N2OS/c1-7-2-3-11-4-8(7)10(13)9-5-14-6-12-9/h2-6H,1H3. The summed E-state index contributed by atoms with van der Waals surface area (Å²) < 4.78 is 0. The number of pyridine rings is 1. The quantitative estimate of drug-likeness (QED) is 0.703. The van der Waals surface area contributed by atoms with Crippen molar-refractivity contribution in [3.8, 4) is 0 Å². The fourth-order valence-electron chi connectivity index (χ4n) is 1.16. The molecule has 14 heavy (non-hydrogen) atoms. The Balaban J connectivity index is 2.42. The molecule has 3 nitrogen and oxygen atoms in total. The molecule has 0 saturated carbocycles. The lowest BCUT2D eigenvalue weighted by atomic mass is 10.1. The molecule has 0 aromatic carbocycles. The molecule has 2 aromatic heterocycles. The van der Waals surface area contributed by atoms with E-state index in [0.717, 1.165) is 5.56 Å². The zero-order chi connectivity index (χ0) is 9.97. The molecule has 0 spiro atoms. The second-order valence-corrected chi connectivity index (χ2v) is 3.61. The van der Waals surface area contributed by atoms with Crippen LogP contribution in [0.2, 0.25) is 0 Å². The van der Waals surface area contributed by atoms with Crippen molar-refractivity contribution in [1.82, 2.24) is 9.97 Å². The summed E-state index contributed by atoms with van der Waals surface area (Å²) >= 11 is 1.42. The summed E-state index contributed by atoms with van der Waals surface area (Å²) in [5, 5.41) is 1.74. The van der Waals surface area contributed by atoms with Crippen LogP contribution in [0.4, 0.5) is 0 Å². The Morgan fingerprint density at radius 1 is 1.50 bits per heavy atom. The molecular weight excluding hydrogens is 196 g/mol. The Labute approximate surface area is 85.5 Å². The number of hydrogen-bond acceptors (Lipinski definition) is 4. The zero-order valence-corrected chi connectivity index (χ0v) is 8.41. The normalized spacial score (nSPS) is 10.1. The summed E-state index contributed by atoms with van der Waals surface area (Å²) in [6.45, 7) is 1.89. The van der Waals surface area contributed by atoms with Crippen molar-refractivity contribution in [2.24, 2.45) is 0 Å². The molecule has 0 bridgehead atoms. The lowest BCUT2D eigenvalue weighted by molar-refractivity contribution is 0.103. The molecule has 2 rings (SSSR count). The molecule has 0 fully saturated rings. The van der Waals surface area contributed by atoms with Crippen molar-refractivity contribution >= 4 is 17.1 Å². The van der Waals surface area contributed by atoms with Crippen molar-refractivity contribution in [3.05, 3.63) is 46.2 Å². The molecule has 0 radical (unpaired) electrons. The summed E-state index contributed by atoms with van der Waals surface area (Å²) in [7, 11) is 0. The smallest absolute Gasteiger partial charge is 0.214 e. The monoisotopic (exact) mass is 204 g/mol. The summed E-state index contributed by atoms with van der Waals surface area (Å²) in [5.74, 6) is -0.0585. The molecule has 0 aliphatic rings. The molecule has 4 heteroatoms. The van der Waals surface area contributed by atoms with E-state index < -0.39 is 0 Å². The molecule has 0 saturated heterocycles. The Bertz CT molecular complexity index is 451. The highest BCUT2D eigenvalue weighted by atomic mass is 32.1. The van der Waals surface area contributed by atoms with Gasteiger partial charge in [-0.15, -0.1) is 11.3 Å². The molecule has 2 heterocycles. The van der Waals surface area contributed by atoms with Crippen LogP contribution in [-0.4, -0.2) is 15.8 Å². The van der Waals surface area contributed by atoms with Gasteiger partial charge in [-0.05, 0) is 18.6 Å². The summed E-state index contributed by atoms with van der Waals surface area (Å²) in [6.07, 6.45) is 3.25. The van der Waals surface area contributed by atoms with Crippen LogP contribution in [-0.2, 0) is 0 Å². The van der Waals surface area contributed by atoms with E-state index in [1.54, 1.807) is 23.3 Å². The number of nitrogens with zero attached hydrogens (tertiary/aromatic N) is 2. The predicted molar refractivity (Wildman–Crippen MR) is 54.5 cm³/mol. The van der Waals surface area contributed by atoms with Gasteiger partial charge in [0.25, 0.3) is 0 Å². The maximum absolute atomic E-state index is 11.8. The number of carbonyl (C=O) groups is 1. The van der Waals surface area contributed by atoms with E-state index >= 15 is 0 Å². The number of thiazole rings is 1. The molecular formula is C10H8N2OS. The van der Waals surface area contributed by atoms with E-state index in [9.17, 15) is 4.79 Å². The Morgan fingerprint density at radius 3 is 3.00 bits per heavy atom. The van der Waals surface area contributed by atoms with Crippen molar-refractivity contribution in [3.63, 3.8) is 0 Å². The molecule has 0 amide bonds. The third-order valence-electron chi connectivity index (χ3n) is 1.95. The Kier molecular flexibility index (Phi) is 2.37. The van der Waals surface area contributed by atoms with E-state index in [4.69, 9.17) is 0 Å². The van der Waals surface area contributed by atoms with Gasteiger partial charge in [-0.25, -0.2) is 4.98 Å². The van der Waals surface area contributed by atoms with Gasteiger partial charge in [0.1, 0.15) is 5.69 Å². The minimum absolute atomic E-state index is 0.0585. The van der Waals surface area contributed by atoms with Gasteiger partial charge >= 0.3 is 0 Å². The number of aryl methyl sites for hydroxylation is 1. The zero-order valence-electron chi connectivity index (χ0n) is 7.60. The second kappa shape index (κ2) is 3.67. The predicted octanol–water partition coefficient (Wildman–Crippen LogP) is 2.08. The van der Waals surface area contributed by atoms with Crippen LogP contribution in [0.3, 0.4) is 0 Å². The molecule has 70 valence electrons. The molecule has 0 aliphatic carbocycles. The van der Waals surface area contributed by atoms with Crippen LogP contribution < -0.4 is 0 Å². The van der Waals surface area contributed by atoms with Crippen LogP contribution in [0, 0.1) is 6.92 Å². The third-order valence-corrected chi connectivity index (χ3v) is 2.54. The molecule has 0 aliphatic heterocycles. The van der Waals surface area contributed by atoms with Crippen molar-refractivity contribution in [2.75, 3.05) is 0 Å². The fourth-order valence-corrected chi connectivity index (χ4v) is 1.70. The van der Waals surface area contributed by atoms with Gasteiger partial charge in [0.15, 0.2) is 0 Å². The van der Waals surface area contributed by atoms with Gasteiger partial charge in [-0.1, -0.05) is 0 Å². The van der Waals surface area contributed by atoms with Gasteiger partial charge in [-0.2, -0.15) is 0 Å². The average molecular weight is 204 g/mol. The van der Waals surface area contributed by atoms with Crippen molar-refractivity contribution < 1.29 is 4.79 Å². The van der Waals surface area contributed by atoms with Crippen LogP contribution in [0.5, 0.6) is 0 Å². The molecule has 0 atom stereocenters. The first-order valence-electron chi connectivity index (χ1n) is 4.12. The van der Waals surface area contributed by atoms with Crippen molar-refractivity contribution in [1.29, 1.82) is 0 Å². The highest BCUT2D eigenvalue weighted by Crippen LogP contribution is 2.12. The maximum Gasteiger partial charge on any atom is 0.214 e. The maximum atomic E-state index is 11.8. The average Bonchev–Trinajstić information content (AvgIpc) is 2.70. The van der Waals surface area contributed by atoms with E-state index in [2.05, 4.69) is 9.97 Å². The number of hydrogen-bond donors (Lipinski definition) is 0. The lowest BCUT2D eigenvalue weighted by Gasteiger charge is -2.00. The van der Waals surface area contributed by atoms with Crippen molar-refractivity contribution in [2.45, 2.75) is 6.92 Å².